The fraction of sp³-hybridized carbons (Fsp3) is 0.526. The van der Waals surface area contributed by atoms with Crippen LogP contribution in [0.2, 0.25) is 0 Å². The molecule has 7 heteroatoms. The van der Waals surface area contributed by atoms with Crippen molar-refractivity contribution in [2.75, 3.05) is 31.3 Å². The Balaban J connectivity index is 2.01. The van der Waals surface area contributed by atoms with E-state index in [4.69, 9.17) is 4.74 Å². The molecule has 142 valence electrons. The summed E-state index contributed by atoms with van der Waals surface area (Å²) in [6.07, 6.45) is 0. The van der Waals surface area contributed by atoms with Crippen molar-refractivity contribution in [3.8, 4) is 0 Å². The Bertz CT molecular complexity index is 729. The smallest absolute Gasteiger partial charge is 0.206 e. The number of nitrogens with zero attached hydrogens (tertiary/aromatic N) is 2. The summed E-state index contributed by atoms with van der Waals surface area (Å²) in [6.45, 7) is 9.91. The Morgan fingerprint density at radius 3 is 2.65 bits per heavy atom. The van der Waals surface area contributed by atoms with Gasteiger partial charge in [0.2, 0.25) is 5.13 Å². The number of anilines is 1. The lowest BCUT2D eigenvalue weighted by molar-refractivity contribution is 0.102. The Morgan fingerprint density at radius 2 is 2.00 bits per heavy atom. The molecule has 1 aromatic carbocycles. The van der Waals surface area contributed by atoms with Gasteiger partial charge in [-0.05, 0) is 23.0 Å². The number of carbonyl (C=O) groups is 1. The van der Waals surface area contributed by atoms with Crippen molar-refractivity contribution in [3.63, 3.8) is 0 Å². The minimum atomic E-state index is 0.137. The van der Waals surface area contributed by atoms with Gasteiger partial charge in [0.05, 0.1) is 12.4 Å². The maximum Gasteiger partial charge on any atom is 0.206 e. The number of ether oxygens (including phenoxy) is 1. The minimum Gasteiger partial charge on any atom is -0.383 e. The number of benzene rings is 1. The van der Waals surface area contributed by atoms with Gasteiger partial charge in [-0.2, -0.15) is 0 Å². The summed E-state index contributed by atoms with van der Waals surface area (Å²) >= 11 is 2.90. The van der Waals surface area contributed by atoms with Crippen LogP contribution in [0.5, 0.6) is 0 Å². The monoisotopic (exact) mass is 393 g/mol. The number of ketones is 1. The summed E-state index contributed by atoms with van der Waals surface area (Å²) in [5.41, 5.74) is 3.22. The van der Waals surface area contributed by atoms with Crippen LogP contribution in [-0.4, -0.2) is 42.0 Å². The molecule has 0 aliphatic rings. The average molecular weight is 394 g/mol. The van der Waals surface area contributed by atoms with E-state index in [-0.39, 0.29) is 5.78 Å². The highest BCUT2D eigenvalue weighted by Gasteiger charge is 2.16. The van der Waals surface area contributed by atoms with Crippen molar-refractivity contribution in [1.82, 2.24) is 10.2 Å². The van der Waals surface area contributed by atoms with E-state index in [1.54, 1.807) is 7.11 Å². The number of hydrogen-bond donors (Lipinski definition) is 1. The first-order chi connectivity index (χ1) is 12.4. The van der Waals surface area contributed by atoms with Crippen LogP contribution < -0.4 is 5.32 Å². The molecule has 0 radical (unpaired) electrons. The molecule has 0 spiro atoms. The van der Waals surface area contributed by atoms with Gasteiger partial charge in [0.15, 0.2) is 10.1 Å². The molecule has 0 fully saturated rings. The quantitative estimate of drug-likeness (QED) is 0.355. The lowest BCUT2D eigenvalue weighted by Gasteiger charge is -2.15. The number of rotatable bonds is 10. The van der Waals surface area contributed by atoms with Gasteiger partial charge in [-0.1, -0.05) is 69.0 Å². The van der Waals surface area contributed by atoms with Crippen LogP contribution >= 0.6 is 23.1 Å². The third kappa shape index (κ3) is 5.79. The van der Waals surface area contributed by atoms with Crippen molar-refractivity contribution in [1.29, 1.82) is 0 Å². The lowest BCUT2D eigenvalue weighted by atomic mass is 9.90. The molecule has 0 unspecified atom stereocenters. The maximum absolute atomic E-state index is 12.7. The van der Waals surface area contributed by atoms with Gasteiger partial charge in [-0.3, -0.25) is 4.79 Å². The fourth-order valence-corrected chi connectivity index (χ4v) is 4.14. The van der Waals surface area contributed by atoms with Crippen LogP contribution in [-0.2, 0) is 4.74 Å². The highest BCUT2D eigenvalue weighted by atomic mass is 32.2. The summed E-state index contributed by atoms with van der Waals surface area (Å²) in [4.78, 5) is 12.7. The summed E-state index contributed by atoms with van der Waals surface area (Å²) in [5.74, 6) is 1.28. The molecule has 1 heterocycles. The molecule has 0 atom stereocenters. The zero-order chi connectivity index (χ0) is 19.1. The molecule has 1 aromatic heterocycles. The first-order valence-corrected chi connectivity index (χ1v) is 10.6. The Hall–Kier alpha value is -1.44. The van der Waals surface area contributed by atoms with Crippen molar-refractivity contribution in [2.24, 2.45) is 0 Å². The highest BCUT2D eigenvalue weighted by Crippen LogP contribution is 2.29. The van der Waals surface area contributed by atoms with Gasteiger partial charge in [-0.15, -0.1) is 10.2 Å². The predicted octanol–water partition coefficient (Wildman–Crippen LogP) is 4.82. The van der Waals surface area contributed by atoms with Crippen LogP contribution in [0.25, 0.3) is 0 Å². The third-order valence-electron chi connectivity index (χ3n) is 3.98. The van der Waals surface area contributed by atoms with Gasteiger partial charge in [0, 0.05) is 19.2 Å². The topological polar surface area (TPSA) is 64.1 Å². The number of Topliss-reactive ketones (excluding diaryl/α,β-unsaturated/α-hetero) is 1. The number of methoxy groups -OCH3 is 1. The summed E-state index contributed by atoms with van der Waals surface area (Å²) in [5, 5.41) is 12.1. The number of thioether (sulfide) groups is 1. The second kappa shape index (κ2) is 10.0. The normalized spacial score (nSPS) is 11.3. The molecular weight excluding hydrogens is 366 g/mol. The highest BCUT2D eigenvalue weighted by molar-refractivity contribution is 8.01. The lowest BCUT2D eigenvalue weighted by Crippen LogP contribution is -2.08. The maximum atomic E-state index is 12.7. The van der Waals surface area contributed by atoms with Crippen LogP contribution in [0, 0.1) is 0 Å². The van der Waals surface area contributed by atoms with Crippen LogP contribution in [0.3, 0.4) is 0 Å². The average Bonchev–Trinajstić information content (AvgIpc) is 3.07. The molecule has 0 aliphatic carbocycles. The number of nitrogens with one attached hydrogen (secondary N) is 1. The summed E-state index contributed by atoms with van der Waals surface area (Å²) < 4.78 is 5.79. The van der Waals surface area contributed by atoms with E-state index in [0.717, 1.165) is 20.6 Å². The SMILES string of the molecule is COCCNc1nnc(SCC(=O)c2ccc(C(C)C)cc2C(C)C)s1. The van der Waals surface area contributed by atoms with E-state index < -0.39 is 0 Å². The van der Waals surface area contributed by atoms with E-state index in [0.29, 0.717) is 30.7 Å². The zero-order valence-electron chi connectivity index (χ0n) is 16.0. The van der Waals surface area contributed by atoms with Crippen molar-refractivity contribution in [3.05, 3.63) is 34.9 Å². The standard InChI is InChI=1S/C19H27N3O2S2/c1-12(2)14-6-7-15(16(10-14)13(3)4)17(23)11-25-19-22-21-18(26-19)20-8-9-24-5/h6-7,10,12-13H,8-9,11H2,1-5H3,(H,20,21). The first kappa shape index (κ1) is 20.9. The Kier molecular flexibility index (Phi) is 8.06. The van der Waals surface area contributed by atoms with E-state index in [2.05, 4.69) is 55.3 Å². The van der Waals surface area contributed by atoms with Crippen LogP contribution in [0.1, 0.15) is 61.0 Å². The van der Waals surface area contributed by atoms with Gasteiger partial charge >= 0.3 is 0 Å². The molecule has 26 heavy (non-hydrogen) atoms. The molecule has 0 saturated carbocycles. The number of carbonyl (C=O) groups excluding carboxylic acids is 1. The number of hydrogen-bond acceptors (Lipinski definition) is 7. The van der Waals surface area contributed by atoms with Crippen molar-refractivity contribution >= 4 is 34.0 Å². The Morgan fingerprint density at radius 1 is 1.23 bits per heavy atom. The van der Waals surface area contributed by atoms with Crippen LogP contribution in [0.4, 0.5) is 5.13 Å². The van der Waals surface area contributed by atoms with Gasteiger partial charge in [0.25, 0.3) is 0 Å². The van der Waals surface area contributed by atoms with E-state index in [1.165, 1.54) is 28.7 Å². The second-order valence-electron chi connectivity index (χ2n) is 6.66. The van der Waals surface area contributed by atoms with Crippen molar-refractivity contribution < 1.29 is 9.53 Å². The molecule has 0 bridgehead atoms. The van der Waals surface area contributed by atoms with E-state index >= 15 is 0 Å². The zero-order valence-corrected chi connectivity index (χ0v) is 17.7. The number of aromatic nitrogens is 2. The summed E-state index contributed by atoms with van der Waals surface area (Å²) in [7, 11) is 1.66. The summed E-state index contributed by atoms with van der Waals surface area (Å²) in [6, 6.07) is 6.22. The fourth-order valence-electron chi connectivity index (χ4n) is 2.48. The molecule has 2 rings (SSSR count). The predicted molar refractivity (Wildman–Crippen MR) is 110 cm³/mol. The van der Waals surface area contributed by atoms with E-state index in [9.17, 15) is 4.79 Å². The molecular formula is C19H27N3O2S2. The largest absolute Gasteiger partial charge is 0.383 e. The molecule has 0 saturated heterocycles. The second-order valence-corrected chi connectivity index (χ2v) is 8.86. The Labute approximate surface area is 163 Å². The first-order valence-electron chi connectivity index (χ1n) is 8.78. The molecule has 1 N–H and O–H groups in total. The molecule has 0 aliphatic heterocycles. The minimum absolute atomic E-state index is 0.137. The van der Waals surface area contributed by atoms with Gasteiger partial charge in [-0.25, -0.2) is 0 Å². The van der Waals surface area contributed by atoms with Gasteiger partial charge < -0.3 is 10.1 Å². The molecule has 5 nitrogen and oxygen atoms in total. The van der Waals surface area contributed by atoms with E-state index in [1.807, 2.05) is 6.07 Å². The molecule has 2 aromatic rings. The van der Waals surface area contributed by atoms with Gasteiger partial charge in [0.1, 0.15) is 0 Å². The van der Waals surface area contributed by atoms with Crippen LogP contribution in [0.15, 0.2) is 22.5 Å². The van der Waals surface area contributed by atoms with Crippen molar-refractivity contribution in [2.45, 2.75) is 43.9 Å². The molecule has 0 amide bonds. The third-order valence-corrected chi connectivity index (χ3v) is 5.99.